The van der Waals surface area contributed by atoms with Crippen molar-refractivity contribution in [3.63, 3.8) is 0 Å². The summed E-state index contributed by atoms with van der Waals surface area (Å²) in [7, 11) is 2.69. The summed E-state index contributed by atoms with van der Waals surface area (Å²) < 4.78 is 16.5. The predicted octanol–water partition coefficient (Wildman–Crippen LogP) is 1.33. The molecule has 15 heavy (non-hydrogen) atoms. The second kappa shape index (κ2) is 5.88. The van der Waals surface area contributed by atoms with Gasteiger partial charge in [-0.25, -0.2) is 0 Å². The summed E-state index contributed by atoms with van der Waals surface area (Å²) in [5.41, 5.74) is 1.05. The number of rotatable bonds is 5. The number of methoxy groups -OCH3 is 1. The fourth-order valence-corrected chi connectivity index (χ4v) is 2.33. The highest BCUT2D eigenvalue weighted by atomic mass is 32.2. The summed E-state index contributed by atoms with van der Waals surface area (Å²) in [5, 5.41) is 3.15. The van der Waals surface area contributed by atoms with Crippen molar-refractivity contribution in [3.8, 4) is 5.75 Å². The standard InChI is InChI=1S/C11H17NO2S/c1-12-10(8-15(3)13)9-6-4-5-7-11(9)14-2/h4-7,10,12H,8H2,1-3H3. The van der Waals surface area contributed by atoms with Crippen molar-refractivity contribution in [1.29, 1.82) is 0 Å². The Morgan fingerprint density at radius 1 is 1.47 bits per heavy atom. The molecule has 0 aromatic heterocycles. The minimum absolute atomic E-state index is 0.0759. The number of hydrogen-bond acceptors (Lipinski definition) is 3. The van der Waals surface area contributed by atoms with Crippen LogP contribution in [-0.2, 0) is 10.8 Å². The molecule has 0 radical (unpaired) electrons. The van der Waals surface area contributed by atoms with Crippen LogP contribution in [0.15, 0.2) is 24.3 Å². The van der Waals surface area contributed by atoms with Gasteiger partial charge >= 0.3 is 0 Å². The van der Waals surface area contributed by atoms with Crippen molar-refractivity contribution in [2.75, 3.05) is 26.2 Å². The van der Waals surface area contributed by atoms with Gasteiger partial charge in [0.1, 0.15) is 5.75 Å². The molecule has 1 N–H and O–H groups in total. The first-order chi connectivity index (χ1) is 7.19. The fourth-order valence-electron chi connectivity index (χ4n) is 1.52. The van der Waals surface area contributed by atoms with E-state index in [1.807, 2.05) is 31.3 Å². The Kier molecular flexibility index (Phi) is 4.78. The van der Waals surface area contributed by atoms with Crippen molar-refractivity contribution in [2.45, 2.75) is 6.04 Å². The highest BCUT2D eigenvalue weighted by molar-refractivity contribution is 7.84. The zero-order valence-electron chi connectivity index (χ0n) is 9.32. The van der Waals surface area contributed by atoms with Crippen LogP contribution in [0.4, 0.5) is 0 Å². The van der Waals surface area contributed by atoms with Crippen LogP contribution in [0, 0.1) is 0 Å². The summed E-state index contributed by atoms with van der Waals surface area (Å²) in [6.07, 6.45) is 1.71. The van der Waals surface area contributed by atoms with Gasteiger partial charge in [-0.2, -0.15) is 0 Å². The van der Waals surface area contributed by atoms with Crippen LogP contribution in [-0.4, -0.2) is 30.4 Å². The highest BCUT2D eigenvalue weighted by Gasteiger charge is 2.14. The summed E-state index contributed by atoms with van der Waals surface area (Å²) in [6, 6.07) is 7.87. The molecule has 0 saturated heterocycles. The molecule has 84 valence electrons. The number of benzene rings is 1. The van der Waals surface area contributed by atoms with Gasteiger partial charge in [0, 0.05) is 34.4 Å². The molecule has 2 atom stereocenters. The van der Waals surface area contributed by atoms with Crippen molar-refractivity contribution in [2.24, 2.45) is 0 Å². The molecule has 3 nitrogen and oxygen atoms in total. The van der Waals surface area contributed by atoms with Crippen LogP contribution in [0.3, 0.4) is 0 Å². The van der Waals surface area contributed by atoms with E-state index in [-0.39, 0.29) is 6.04 Å². The Hall–Kier alpha value is -0.870. The van der Waals surface area contributed by atoms with E-state index in [0.717, 1.165) is 11.3 Å². The van der Waals surface area contributed by atoms with E-state index in [9.17, 15) is 4.21 Å². The Balaban J connectivity index is 2.95. The number of hydrogen-bond donors (Lipinski definition) is 1. The number of nitrogens with one attached hydrogen (secondary N) is 1. The molecule has 0 aliphatic heterocycles. The van der Waals surface area contributed by atoms with Crippen LogP contribution < -0.4 is 10.1 Å². The SMILES string of the molecule is CNC(CS(C)=O)c1ccccc1OC. The first kappa shape index (κ1) is 12.2. The quantitative estimate of drug-likeness (QED) is 0.825. The van der Waals surface area contributed by atoms with Gasteiger partial charge in [0.25, 0.3) is 0 Å². The fraction of sp³-hybridized carbons (Fsp3) is 0.455. The van der Waals surface area contributed by atoms with Gasteiger partial charge in [0.2, 0.25) is 0 Å². The molecule has 0 heterocycles. The molecule has 1 aromatic rings. The Morgan fingerprint density at radius 3 is 2.67 bits per heavy atom. The Bertz CT molecular complexity index is 341. The smallest absolute Gasteiger partial charge is 0.123 e. The largest absolute Gasteiger partial charge is 0.496 e. The third-order valence-electron chi connectivity index (χ3n) is 2.26. The van der Waals surface area contributed by atoms with Crippen molar-refractivity contribution in [3.05, 3.63) is 29.8 Å². The Labute approximate surface area is 93.3 Å². The molecule has 4 heteroatoms. The maximum Gasteiger partial charge on any atom is 0.123 e. The Morgan fingerprint density at radius 2 is 2.13 bits per heavy atom. The summed E-state index contributed by atoms with van der Waals surface area (Å²) in [6.45, 7) is 0. The number of para-hydroxylation sites is 1. The maximum absolute atomic E-state index is 11.2. The van der Waals surface area contributed by atoms with Gasteiger partial charge in [0.15, 0.2) is 0 Å². The van der Waals surface area contributed by atoms with E-state index in [0.29, 0.717) is 5.75 Å². The van der Waals surface area contributed by atoms with Gasteiger partial charge in [-0.15, -0.1) is 0 Å². The average Bonchev–Trinajstić information content (AvgIpc) is 2.25. The van der Waals surface area contributed by atoms with Gasteiger partial charge in [-0.3, -0.25) is 4.21 Å². The zero-order valence-corrected chi connectivity index (χ0v) is 10.1. The van der Waals surface area contributed by atoms with Crippen LogP contribution in [0.1, 0.15) is 11.6 Å². The molecular weight excluding hydrogens is 210 g/mol. The lowest BCUT2D eigenvalue weighted by Gasteiger charge is -2.17. The third kappa shape index (κ3) is 3.32. The lowest BCUT2D eigenvalue weighted by atomic mass is 10.1. The molecule has 0 saturated carbocycles. The first-order valence-electron chi connectivity index (χ1n) is 4.79. The third-order valence-corrected chi connectivity index (χ3v) is 3.07. The molecule has 0 bridgehead atoms. The zero-order chi connectivity index (χ0) is 11.3. The molecule has 0 aliphatic carbocycles. The minimum atomic E-state index is -0.824. The minimum Gasteiger partial charge on any atom is -0.496 e. The lowest BCUT2D eigenvalue weighted by Crippen LogP contribution is -2.22. The molecule has 1 rings (SSSR count). The summed E-state index contributed by atoms with van der Waals surface area (Å²) in [4.78, 5) is 0. The second-order valence-electron chi connectivity index (χ2n) is 3.32. The van der Waals surface area contributed by atoms with E-state index in [1.54, 1.807) is 13.4 Å². The summed E-state index contributed by atoms with van der Waals surface area (Å²) in [5.74, 6) is 1.43. The normalized spacial score (nSPS) is 14.6. The highest BCUT2D eigenvalue weighted by Crippen LogP contribution is 2.24. The average molecular weight is 227 g/mol. The molecule has 1 aromatic carbocycles. The monoisotopic (exact) mass is 227 g/mol. The van der Waals surface area contributed by atoms with E-state index < -0.39 is 10.8 Å². The van der Waals surface area contributed by atoms with E-state index in [1.165, 1.54) is 0 Å². The summed E-state index contributed by atoms with van der Waals surface area (Å²) >= 11 is 0. The van der Waals surface area contributed by atoms with Gasteiger partial charge in [0.05, 0.1) is 7.11 Å². The topological polar surface area (TPSA) is 38.3 Å². The van der Waals surface area contributed by atoms with E-state index in [2.05, 4.69) is 5.32 Å². The van der Waals surface area contributed by atoms with Crippen molar-refractivity contribution in [1.82, 2.24) is 5.32 Å². The van der Waals surface area contributed by atoms with Crippen LogP contribution in [0.2, 0.25) is 0 Å². The maximum atomic E-state index is 11.2. The molecule has 0 fully saturated rings. The lowest BCUT2D eigenvalue weighted by molar-refractivity contribution is 0.404. The predicted molar refractivity (Wildman–Crippen MR) is 63.7 cm³/mol. The first-order valence-corrected chi connectivity index (χ1v) is 6.52. The van der Waals surface area contributed by atoms with Crippen molar-refractivity contribution >= 4 is 10.8 Å². The van der Waals surface area contributed by atoms with Gasteiger partial charge in [-0.1, -0.05) is 18.2 Å². The molecule has 0 aliphatic rings. The molecular formula is C11H17NO2S. The van der Waals surface area contributed by atoms with E-state index >= 15 is 0 Å². The van der Waals surface area contributed by atoms with E-state index in [4.69, 9.17) is 4.74 Å². The number of ether oxygens (including phenoxy) is 1. The van der Waals surface area contributed by atoms with Crippen LogP contribution in [0.25, 0.3) is 0 Å². The molecule has 0 spiro atoms. The van der Waals surface area contributed by atoms with Gasteiger partial charge in [-0.05, 0) is 13.1 Å². The van der Waals surface area contributed by atoms with Gasteiger partial charge < -0.3 is 10.1 Å². The molecule has 0 amide bonds. The molecule has 2 unspecified atom stereocenters. The van der Waals surface area contributed by atoms with Crippen LogP contribution >= 0.6 is 0 Å². The van der Waals surface area contributed by atoms with Crippen molar-refractivity contribution < 1.29 is 8.95 Å². The second-order valence-corrected chi connectivity index (χ2v) is 4.80. The van der Waals surface area contributed by atoms with Crippen LogP contribution in [0.5, 0.6) is 5.75 Å².